The molecule has 1 heterocycles. The molecule has 1 aliphatic carbocycles. The Labute approximate surface area is 103 Å². The first-order valence-corrected chi connectivity index (χ1v) is 6.56. The SMILES string of the molecule is Cc1ccc(C2(C3=NCCN3C)CCC2)cc1. The molecule has 2 heteroatoms. The van der Waals surface area contributed by atoms with Crippen LogP contribution in [-0.4, -0.2) is 30.9 Å². The fraction of sp³-hybridized carbons (Fsp3) is 0.533. The molecule has 0 unspecified atom stereocenters. The number of rotatable bonds is 2. The second-order valence-electron chi connectivity index (χ2n) is 5.43. The van der Waals surface area contributed by atoms with Gasteiger partial charge in [0.25, 0.3) is 0 Å². The Kier molecular flexibility index (Phi) is 2.46. The van der Waals surface area contributed by atoms with Gasteiger partial charge in [0.1, 0.15) is 5.84 Å². The molecule has 0 aromatic heterocycles. The molecule has 17 heavy (non-hydrogen) atoms. The molecule has 90 valence electrons. The second-order valence-corrected chi connectivity index (χ2v) is 5.43. The van der Waals surface area contributed by atoms with Crippen molar-refractivity contribution in [2.75, 3.05) is 20.1 Å². The quantitative estimate of drug-likeness (QED) is 0.760. The molecule has 0 atom stereocenters. The third-order valence-corrected chi connectivity index (χ3v) is 4.30. The third-order valence-electron chi connectivity index (χ3n) is 4.30. The van der Waals surface area contributed by atoms with Crippen molar-refractivity contribution in [1.82, 2.24) is 4.90 Å². The van der Waals surface area contributed by atoms with Crippen molar-refractivity contribution in [3.8, 4) is 0 Å². The minimum absolute atomic E-state index is 0.235. The summed E-state index contributed by atoms with van der Waals surface area (Å²) in [6.07, 6.45) is 3.86. The van der Waals surface area contributed by atoms with Gasteiger partial charge in [-0.05, 0) is 25.3 Å². The Morgan fingerprint density at radius 3 is 2.35 bits per heavy atom. The highest BCUT2D eigenvalue weighted by Crippen LogP contribution is 2.46. The normalized spacial score (nSPS) is 22.2. The second kappa shape index (κ2) is 3.86. The molecular formula is C15H20N2. The Morgan fingerprint density at radius 1 is 1.18 bits per heavy atom. The first kappa shape index (κ1) is 10.8. The predicted octanol–water partition coefficient (Wildman–Crippen LogP) is 2.76. The number of aliphatic imine (C=N–C) groups is 1. The van der Waals surface area contributed by atoms with Crippen molar-refractivity contribution in [3.63, 3.8) is 0 Å². The van der Waals surface area contributed by atoms with Gasteiger partial charge < -0.3 is 4.90 Å². The van der Waals surface area contributed by atoms with Gasteiger partial charge in [-0.2, -0.15) is 0 Å². The molecule has 0 amide bonds. The van der Waals surface area contributed by atoms with Gasteiger partial charge in [0, 0.05) is 13.6 Å². The van der Waals surface area contributed by atoms with Gasteiger partial charge in [-0.15, -0.1) is 0 Å². The molecule has 0 radical (unpaired) electrons. The summed E-state index contributed by atoms with van der Waals surface area (Å²) in [6.45, 7) is 4.21. The van der Waals surface area contributed by atoms with E-state index in [0.29, 0.717) is 0 Å². The number of hydrogen-bond donors (Lipinski definition) is 0. The molecule has 3 rings (SSSR count). The van der Waals surface area contributed by atoms with Crippen LogP contribution in [0.15, 0.2) is 29.3 Å². The number of hydrogen-bond acceptors (Lipinski definition) is 2. The molecular weight excluding hydrogens is 208 g/mol. The van der Waals surface area contributed by atoms with E-state index in [1.54, 1.807) is 0 Å². The highest BCUT2D eigenvalue weighted by molar-refractivity contribution is 5.95. The van der Waals surface area contributed by atoms with Crippen molar-refractivity contribution in [3.05, 3.63) is 35.4 Å². The maximum absolute atomic E-state index is 4.75. The van der Waals surface area contributed by atoms with Crippen LogP contribution in [0.5, 0.6) is 0 Å². The summed E-state index contributed by atoms with van der Waals surface area (Å²) in [7, 11) is 2.18. The molecule has 1 aliphatic heterocycles. The molecule has 2 nitrogen and oxygen atoms in total. The molecule has 1 saturated carbocycles. The lowest BCUT2D eigenvalue weighted by atomic mass is 9.63. The van der Waals surface area contributed by atoms with Crippen LogP contribution < -0.4 is 0 Å². The Hall–Kier alpha value is -1.31. The summed E-state index contributed by atoms with van der Waals surface area (Å²) in [5.74, 6) is 1.33. The highest BCUT2D eigenvalue weighted by atomic mass is 15.2. The molecule has 0 spiro atoms. The average molecular weight is 228 g/mol. The number of likely N-dealkylation sites (N-methyl/N-ethyl adjacent to an activating group) is 1. The van der Waals surface area contributed by atoms with E-state index in [1.165, 1.54) is 36.2 Å². The highest BCUT2D eigenvalue weighted by Gasteiger charge is 2.45. The van der Waals surface area contributed by atoms with Crippen molar-refractivity contribution in [1.29, 1.82) is 0 Å². The van der Waals surface area contributed by atoms with E-state index < -0.39 is 0 Å². The van der Waals surface area contributed by atoms with Crippen molar-refractivity contribution >= 4 is 5.84 Å². The van der Waals surface area contributed by atoms with Crippen LogP contribution >= 0.6 is 0 Å². The smallest absolute Gasteiger partial charge is 0.109 e. The topological polar surface area (TPSA) is 15.6 Å². The van der Waals surface area contributed by atoms with E-state index in [1.807, 2.05) is 0 Å². The van der Waals surface area contributed by atoms with Crippen LogP contribution in [0.4, 0.5) is 0 Å². The molecule has 0 saturated heterocycles. The number of benzene rings is 1. The fourth-order valence-electron chi connectivity index (χ4n) is 3.09. The van der Waals surface area contributed by atoms with E-state index in [0.717, 1.165) is 13.1 Å². The van der Waals surface area contributed by atoms with Gasteiger partial charge in [-0.1, -0.05) is 36.2 Å². The Bertz CT molecular complexity index is 440. The minimum atomic E-state index is 0.235. The standard InChI is InChI=1S/C15H20N2/c1-12-4-6-13(7-5-12)15(8-3-9-15)14-16-10-11-17(14)2/h4-7H,3,8-11H2,1-2H3. The van der Waals surface area contributed by atoms with Gasteiger partial charge in [0.05, 0.1) is 12.0 Å². The predicted molar refractivity (Wildman–Crippen MR) is 71.6 cm³/mol. The number of amidine groups is 1. The van der Waals surface area contributed by atoms with Crippen LogP contribution in [-0.2, 0) is 5.41 Å². The first-order chi connectivity index (χ1) is 8.22. The molecule has 2 aliphatic rings. The Morgan fingerprint density at radius 2 is 1.88 bits per heavy atom. The van der Waals surface area contributed by atoms with Crippen molar-refractivity contribution < 1.29 is 0 Å². The van der Waals surface area contributed by atoms with E-state index >= 15 is 0 Å². The molecule has 1 aromatic rings. The largest absolute Gasteiger partial charge is 0.361 e. The lowest BCUT2D eigenvalue weighted by Gasteiger charge is -2.44. The average Bonchev–Trinajstić information content (AvgIpc) is 2.67. The van der Waals surface area contributed by atoms with E-state index in [-0.39, 0.29) is 5.41 Å². The number of aryl methyl sites for hydroxylation is 1. The monoisotopic (exact) mass is 228 g/mol. The lowest BCUT2D eigenvalue weighted by molar-refractivity contribution is 0.313. The zero-order chi connectivity index (χ0) is 11.9. The molecule has 0 N–H and O–H groups in total. The third kappa shape index (κ3) is 1.58. The minimum Gasteiger partial charge on any atom is -0.361 e. The van der Waals surface area contributed by atoms with Crippen molar-refractivity contribution in [2.24, 2.45) is 4.99 Å². The summed E-state index contributed by atoms with van der Waals surface area (Å²) in [5.41, 5.74) is 3.03. The van der Waals surface area contributed by atoms with E-state index in [9.17, 15) is 0 Å². The van der Waals surface area contributed by atoms with Crippen molar-refractivity contribution in [2.45, 2.75) is 31.6 Å². The summed E-state index contributed by atoms with van der Waals surface area (Å²) >= 11 is 0. The van der Waals surface area contributed by atoms with Gasteiger partial charge in [0.15, 0.2) is 0 Å². The lowest BCUT2D eigenvalue weighted by Crippen LogP contribution is -2.48. The van der Waals surface area contributed by atoms with Crippen LogP contribution in [0, 0.1) is 6.92 Å². The van der Waals surface area contributed by atoms with Crippen LogP contribution in [0.2, 0.25) is 0 Å². The van der Waals surface area contributed by atoms with Crippen LogP contribution in [0.3, 0.4) is 0 Å². The maximum Gasteiger partial charge on any atom is 0.109 e. The molecule has 1 aromatic carbocycles. The maximum atomic E-state index is 4.75. The summed E-state index contributed by atoms with van der Waals surface area (Å²) in [5, 5.41) is 0. The molecule has 1 fully saturated rings. The van der Waals surface area contributed by atoms with E-state index in [4.69, 9.17) is 4.99 Å². The van der Waals surface area contributed by atoms with E-state index in [2.05, 4.69) is 43.1 Å². The fourth-order valence-corrected chi connectivity index (χ4v) is 3.09. The number of nitrogens with zero attached hydrogens (tertiary/aromatic N) is 2. The zero-order valence-electron chi connectivity index (χ0n) is 10.7. The Balaban J connectivity index is 2.00. The summed E-state index contributed by atoms with van der Waals surface area (Å²) in [6, 6.07) is 9.04. The molecule has 0 bridgehead atoms. The van der Waals surface area contributed by atoms with Gasteiger partial charge in [-0.25, -0.2) is 0 Å². The summed E-state index contributed by atoms with van der Waals surface area (Å²) < 4.78 is 0. The first-order valence-electron chi connectivity index (χ1n) is 6.56. The van der Waals surface area contributed by atoms with Crippen LogP contribution in [0.25, 0.3) is 0 Å². The zero-order valence-corrected chi connectivity index (χ0v) is 10.7. The van der Waals surface area contributed by atoms with Gasteiger partial charge in [-0.3, -0.25) is 4.99 Å². The summed E-state index contributed by atoms with van der Waals surface area (Å²) in [4.78, 5) is 7.10. The van der Waals surface area contributed by atoms with Gasteiger partial charge >= 0.3 is 0 Å². The van der Waals surface area contributed by atoms with Gasteiger partial charge in [0.2, 0.25) is 0 Å². The van der Waals surface area contributed by atoms with Crippen LogP contribution in [0.1, 0.15) is 30.4 Å².